The molecule has 0 aliphatic rings. The van der Waals surface area contributed by atoms with Crippen LogP contribution < -0.4 is 5.32 Å². The molecule has 23 heavy (non-hydrogen) atoms. The zero-order chi connectivity index (χ0) is 16.8. The van der Waals surface area contributed by atoms with Crippen LogP contribution in [0.25, 0.3) is 0 Å². The van der Waals surface area contributed by atoms with Gasteiger partial charge in [-0.1, -0.05) is 18.5 Å². The van der Waals surface area contributed by atoms with Gasteiger partial charge >= 0.3 is 11.8 Å². The van der Waals surface area contributed by atoms with Crippen LogP contribution in [-0.4, -0.2) is 28.4 Å². The number of aromatic nitrogens is 1. The van der Waals surface area contributed by atoms with Crippen LogP contribution in [0.5, 0.6) is 0 Å². The van der Waals surface area contributed by atoms with Crippen LogP contribution in [0.1, 0.15) is 36.0 Å². The second-order valence-electron chi connectivity index (χ2n) is 5.38. The van der Waals surface area contributed by atoms with E-state index in [2.05, 4.69) is 17.4 Å². The molecule has 0 saturated carbocycles. The van der Waals surface area contributed by atoms with Gasteiger partial charge in [0.15, 0.2) is 5.82 Å². The molecule has 2 aromatic heterocycles. The van der Waals surface area contributed by atoms with Gasteiger partial charge in [-0.15, -0.1) is 11.3 Å². The first-order chi connectivity index (χ1) is 11.0. The molecule has 0 unspecified atom stereocenters. The molecule has 2 rings (SSSR count). The van der Waals surface area contributed by atoms with Crippen molar-refractivity contribution in [3.8, 4) is 0 Å². The average Bonchev–Trinajstić information content (AvgIpc) is 3.11. The Morgan fingerprint density at radius 2 is 2.17 bits per heavy atom. The van der Waals surface area contributed by atoms with Gasteiger partial charge in [0.2, 0.25) is 0 Å². The van der Waals surface area contributed by atoms with Gasteiger partial charge in [0, 0.05) is 17.5 Å². The van der Waals surface area contributed by atoms with Crippen molar-refractivity contribution in [3.05, 3.63) is 33.7 Å². The maximum atomic E-state index is 12.5. The monoisotopic (exact) mass is 335 g/mol. The Bertz CT molecular complexity index is 678. The Morgan fingerprint density at radius 3 is 2.74 bits per heavy atom. The summed E-state index contributed by atoms with van der Waals surface area (Å²) in [4.78, 5) is 27.3. The van der Waals surface area contributed by atoms with Crippen LogP contribution >= 0.6 is 11.3 Å². The number of unbranched alkanes of at least 4 members (excludes halogenated alkanes) is 1. The van der Waals surface area contributed by atoms with E-state index in [1.807, 2.05) is 18.4 Å². The number of anilines is 1. The van der Waals surface area contributed by atoms with Crippen LogP contribution in [0, 0.1) is 13.8 Å². The lowest BCUT2D eigenvalue weighted by atomic mass is 10.2. The summed E-state index contributed by atoms with van der Waals surface area (Å²) in [5.74, 6) is -0.413. The van der Waals surface area contributed by atoms with Gasteiger partial charge in [0.25, 0.3) is 0 Å². The summed E-state index contributed by atoms with van der Waals surface area (Å²) in [5.41, 5.74) is 1.14. The zero-order valence-corrected chi connectivity index (χ0v) is 14.4. The summed E-state index contributed by atoms with van der Waals surface area (Å²) in [7, 11) is 0. The first-order valence-corrected chi connectivity index (χ1v) is 8.45. The number of amides is 2. The van der Waals surface area contributed by atoms with Crippen LogP contribution in [0.4, 0.5) is 5.82 Å². The molecular weight excluding hydrogens is 314 g/mol. The van der Waals surface area contributed by atoms with Crippen molar-refractivity contribution < 1.29 is 14.1 Å². The lowest BCUT2D eigenvalue weighted by Gasteiger charge is -2.21. The highest BCUT2D eigenvalue weighted by Crippen LogP contribution is 2.18. The van der Waals surface area contributed by atoms with Crippen molar-refractivity contribution in [1.82, 2.24) is 10.1 Å². The fraction of sp³-hybridized carbons (Fsp3) is 0.438. The van der Waals surface area contributed by atoms with E-state index < -0.39 is 11.8 Å². The van der Waals surface area contributed by atoms with Gasteiger partial charge in [0.05, 0.1) is 6.54 Å². The summed E-state index contributed by atoms with van der Waals surface area (Å²) in [6, 6.07) is 3.59. The number of carbonyl (C=O) groups is 2. The van der Waals surface area contributed by atoms with Crippen molar-refractivity contribution in [2.24, 2.45) is 0 Å². The minimum absolute atomic E-state index is 0.253. The van der Waals surface area contributed by atoms with Gasteiger partial charge in [-0.05, 0) is 37.3 Å². The van der Waals surface area contributed by atoms with E-state index in [4.69, 9.17) is 4.52 Å². The summed E-state index contributed by atoms with van der Waals surface area (Å²) in [6.07, 6.45) is 1.81. The van der Waals surface area contributed by atoms with Crippen LogP contribution in [-0.2, 0) is 16.1 Å². The molecule has 0 radical (unpaired) electrons. The number of nitrogens with one attached hydrogen (secondary N) is 1. The minimum Gasteiger partial charge on any atom is -0.360 e. The highest BCUT2D eigenvalue weighted by atomic mass is 32.1. The Balaban J connectivity index is 2.05. The van der Waals surface area contributed by atoms with Gasteiger partial charge in [-0.3, -0.25) is 14.9 Å². The lowest BCUT2D eigenvalue weighted by molar-refractivity contribution is -0.143. The predicted octanol–water partition coefficient (Wildman–Crippen LogP) is 3.12. The normalized spacial score (nSPS) is 10.6. The van der Waals surface area contributed by atoms with Gasteiger partial charge in [0.1, 0.15) is 5.76 Å². The third-order valence-corrected chi connectivity index (χ3v) is 4.44. The number of thiophene rings is 1. The molecule has 1 N–H and O–H groups in total. The largest absolute Gasteiger partial charge is 0.360 e. The van der Waals surface area contributed by atoms with Crippen molar-refractivity contribution in [2.45, 2.75) is 40.2 Å². The summed E-state index contributed by atoms with van der Waals surface area (Å²) in [5, 5.41) is 8.15. The Labute approximate surface area is 139 Å². The third kappa shape index (κ3) is 4.66. The predicted molar refractivity (Wildman–Crippen MR) is 89.3 cm³/mol. The third-order valence-electron chi connectivity index (χ3n) is 3.44. The SMILES string of the molecule is CCCCN(Cc1sccc1C)C(=O)C(=O)Nc1cc(C)on1. The molecule has 0 atom stereocenters. The second-order valence-corrected chi connectivity index (χ2v) is 6.38. The van der Waals surface area contributed by atoms with Crippen LogP contribution in [0.15, 0.2) is 22.0 Å². The number of nitrogens with zero attached hydrogens (tertiary/aromatic N) is 2. The molecule has 124 valence electrons. The summed E-state index contributed by atoms with van der Waals surface area (Å²) in [6.45, 7) is 6.78. The number of carbonyl (C=O) groups excluding carboxylic acids is 2. The van der Waals surface area contributed by atoms with Crippen molar-refractivity contribution >= 4 is 29.0 Å². The Kier molecular flexibility index (Phi) is 5.92. The summed E-state index contributed by atoms with van der Waals surface area (Å²) >= 11 is 1.59. The van der Waals surface area contributed by atoms with E-state index in [0.717, 1.165) is 23.3 Å². The molecule has 0 aliphatic carbocycles. The molecule has 2 heterocycles. The highest BCUT2D eigenvalue weighted by molar-refractivity contribution is 7.10. The van der Waals surface area contributed by atoms with Crippen LogP contribution in [0.2, 0.25) is 0 Å². The first kappa shape index (κ1) is 17.2. The Morgan fingerprint density at radius 1 is 1.39 bits per heavy atom. The van der Waals surface area contributed by atoms with E-state index in [9.17, 15) is 9.59 Å². The van der Waals surface area contributed by atoms with E-state index in [0.29, 0.717) is 18.8 Å². The zero-order valence-electron chi connectivity index (χ0n) is 13.6. The molecule has 0 aliphatic heterocycles. The van der Waals surface area contributed by atoms with Crippen molar-refractivity contribution in [1.29, 1.82) is 0 Å². The van der Waals surface area contributed by atoms with Crippen molar-refractivity contribution in [3.63, 3.8) is 0 Å². The van der Waals surface area contributed by atoms with Gasteiger partial charge in [-0.25, -0.2) is 0 Å². The minimum atomic E-state index is -0.691. The van der Waals surface area contributed by atoms with Crippen molar-refractivity contribution in [2.75, 3.05) is 11.9 Å². The fourth-order valence-corrected chi connectivity index (χ4v) is 3.00. The Hall–Kier alpha value is -2.15. The topological polar surface area (TPSA) is 75.4 Å². The molecule has 0 spiro atoms. The molecule has 0 aromatic carbocycles. The molecule has 0 saturated heterocycles. The van der Waals surface area contributed by atoms with E-state index >= 15 is 0 Å². The standard InChI is InChI=1S/C16H21N3O3S/c1-4-5-7-19(10-13-11(2)6-8-23-13)16(21)15(20)17-14-9-12(3)22-18-14/h6,8-9H,4-5,7,10H2,1-3H3,(H,17,18,20). The number of hydrogen-bond donors (Lipinski definition) is 1. The molecular formula is C16H21N3O3S. The molecule has 0 fully saturated rings. The summed E-state index contributed by atoms with van der Waals surface area (Å²) < 4.78 is 4.88. The number of rotatable bonds is 6. The van der Waals surface area contributed by atoms with Crippen LogP contribution in [0.3, 0.4) is 0 Å². The number of aryl methyl sites for hydroxylation is 2. The number of hydrogen-bond acceptors (Lipinski definition) is 5. The molecule has 2 amide bonds. The van der Waals surface area contributed by atoms with E-state index in [1.54, 1.807) is 29.2 Å². The second kappa shape index (κ2) is 7.92. The van der Waals surface area contributed by atoms with E-state index in [1.165, 1.54) is 0 Å². The maximum Gasteiger partial charge on any atom is 0.315 e. The molecule has 7 heteroatoms. The quantitative estimate of drug-likeness (QED) is 0.823. The van der Waals surface area contributed by atoms with Gasteiger partial charge in [-0.2, -0.15) is 0 Å². The maximum absolute atomic E-state index is 12.5. The fourth-order valence-electron chi connectivity index (χ4n) is 2.08. The molecule has 2 aromatic rings. The van der Waals surface area contributed by atoms with Gasteiger partial charge < -0.3 is 9.42 Å². The highest BCUT2D eigenvalue weighted by Gasteiger charge is 2.23. The first-order valence-electron chi connectivity index (χ1n) is 7.57. The smallest absolute Gasteiger partial charge is 0.315 e. The average molecular weight is 335 g/mol. The molecule has 6 nitrogen and oxygen atoms in total. The molecule has 0 bridgehead atoms. The van der Waals surface area contributed by atoms with E-state index in [-0.39, 0.29) is 5.82 Å². The lowest BCUT2D eigenvalue weighted by Crippen LogP contribution is -2.39.